The van der Waals surface area contributed by atoms with Crippen LogP contribution in [0.15, 0.2) is 42.7 Å². The number of alkyl halides is 3. The monoisotopic (exact) mass is 291 g/mol. The fraction of sp³-hybridized carbons (Fsp3) is 0.133. The first-order valence-corrected chi connectivity index (χ1v) is 6.25. The van der Waals surface area contributed by atoms with Gasteiger partial charge in [-0.15, -0.1) is 0 Å². The Balaban J connectivity index is 2.33. The SMILES string of the molecule is Cn1cc(-c2cc(N)ccn2)c2cccc(C(F)(F)F)c21. The molecule has 0 fully saturated rings. The minimum absolute atomic E-state index is 0.143. The Morgan fingerprint density at radius 2 is 1.95 bits per heavy atom. The summed E-state index contributed by atoms with van der Waals surface area (Å²) in [6, 6.07) is 7.43. The summed E-state index contributed by atoms with van der Waals surface area (Å²) in [6.07, 6.45) is -1.22. The zero-order valence-corrected chi connectivity index (χ0v) is 11.1. The van der Waals surface area contributed by atoms with Crippen LogP contribution in [0.25, 0.3) is 22.2 Å². The normalized spacial score (nSPS) is 12.0. The minimum atomic E-state index is -4.40. The van der Waals surface area contributed by atoms with Crippen LogP contribution in [0.4, 0.5) is 18.9 Å². The molecule has 3 nitrogen and oxygen atoms in total. The predicted octanol–water partition coefficient (Wildman–Crippen LogP) is 3.84. The van der Waals surface area contributed by atoms with E-state index in [-0.39, 0.29) is 5.52 Å². The molecule has 108 valence electrons. The van der Waals surface area contributed by atoms with Crippen molar-refractivity contribution < 1.29 is 13.2 Å². The molecule has 0 saturated carbocycles. The van der Waals surface area contributed by atoms with E-state index in [1.54, 1.807) is 31.4 Å². The number of para-hydroxylation sites is 1. The molecule has 0 bridgehead atoms. The van der Waals surface area contributed by atoms with Crippen molar-refractivity contribution in [2.75, 3.05) is 5.73 Å². The average molecular weight is 291 g/mol. The number of benzene rings is 1. The molecule has 3 rings (SSSR count). The van der Waals surface area contributed by atoms with Crippen molar-refractivity contribution in [3.05, 3.63) is 48.3 Å². The number of hydrogen-bond donors (Lipinski definition) is 1. The van der Waals surface area contributed by atoms with Crippen LogP contribution in [0, 0.1) is 0 Å². The van der Waals surface area contributed by atoms with E-state index in [0.29, 0.717) is 22.3 Å². The zero-order valence-electron chi connectivity index (χ0n) is 11.1. The topological polar surface area (TPSA) is 43.8 Å². The molecular formula is C15H12F3N3. The molecule has 0 saturated heterocycles. The van der Waals surface area contributed by atoms with Gasteiger partial charge in [0, 0.05) is 36.1 Å². The molecule has 0 radical (unpaired) electrons. The largest absolute Gasteiger partial charge is 0.418 e. The molecule has 2 aromatic heterocycles. The molecule has 6 heteroatoms. The Labute approximate surface area is 118 Å². The Morgan fingerprint density at radius 1 is 1.19 bits per heavy atom. The lowest BCUT2D eigenvalue weighted by Gasteiger charge is -2.09. The highest BCUT2D eigenvalue weighted by atomic mass is 19.4. The van der Waals surface area contributed by atoms with Crippen LogP contribution in [0.3, 0.4) is 0 Å². The van der Waals surface area contributed by atoms with Crippen LogP contribution >= 0.6 is 0 Å². The van der Waals surface area contributed by atoms with Gasteiger partial charge in [0.05, 0.1) is 16.8 Å². The summed E-state index contributed by atoms with van der Waals surface area (Å²) in [5, 5.41) is 0.505. The minimum Gasteiger partial charge on any atom is -0.399 e. The lowest BCUT2D eigenvalue weighted by atomic mass is 10.1. The number of hydrogen-bond acceptors (Lipinski definition) is 2. The molecule has 0 unspecified atom stereocenters. The Bertz CT molecular complexity index is 819. The highest BCUT2D eigenvalue weighted by Gasteiger charge is 2.34. The maximum atomic E-state index is 13.1. The van der Waals surface area contributed by atoms with E-state index in [1.165, 1.54) is 16.8 Å². The predicted molar refractivity (Wildman–Crippen MR) is 75.6 cm³/mol. The van der Waals surface area contributed by atoms with E-state index in [9.17, 15) is 13.2 Å². The summed E-state index contributed by atoms with van der Waals surface area (Å²) in [6.45, 7) is 0. The number of nitrogens with two attached hydrogens (primary N) is 1. The first-order chi connectivity index (χ1) is 9.88. The zero-order chi connectivity index (χ0) is 15.2. The van der Waals surface area contributed by atoms with Gasteiger partial charge in [0.2, 0.25) is 0 Å². The van der Waals surface area contributed by atoms with Crippen molar-refractivity contribution in [2.24, 2.45) is 7.05 Å². The molecule has 2 heterocycles. The number of halogens is 3. The van der Waals surface area contributed by atoms with Gasteiger partial charge in [0.1, 0.15) is 0 Å². The summed E-state index contributed by atoms with van der Waals surface area (Å²) in [5.74, 6) is 0. The molecule has 0 aliphatic rings. The summed E-state index contributed by atoms with van der Waals surface area (Å²) < 4.78 is 40.8. The second kappa shape index (κ2) is 4.51. The van der Waals surface area contributed by atoms with Crippen LogP contribution in [-0.4, -0.2) is 9.55 Å². The van der Waals surface area contributed by atoms with Gasteiger partial charge in [-0.1, -0.05) is 12.1 Å². The van der Waals surface area contributed by atoms with Gasteiger partial charge in [-0.3, -0.25) is 4.98 Å². The number of rotatable bonds is 1. The first-order valence-electron chi connectivity index (χ1n) is 6.25. The molecule has 21 heavy (non-hydrogen) atoms. The van der Waals surface area contributed by atoms with Crippen molar-refractivity contribution in [3.63, 3.8) is 0 Å². The number of pyridine rings is 1. The fourth-order valence-corrected chi connectivity index (χ4v) is 2.50. The lowest BCUT2D eigenvalue weighted by molar-refractivity contribution is -0.136. The first kappa shape index (κ1) is 13.5. The van der Waals surface area contributed by atoms with E-state index >= 15 is 0 Å². The molecule has 3 aromatic rings. The highest BCUT2D eigenvalue weighted by molar-refractivity contribution is 5.97. The molecule has 1 aromatic carbocycles. The number of nitrogens with zero attached hydrogens (tertiary/aromatic N) is 2. The third kappa shape index (κ3) is 2.22. The quantitative estimate of drug-likeness (QED) is 0.740. The van der Waals surface area contributed by atoms with Crippen LogP contribution in [-0.2, 0) is 13.2 Å². The summed E-state index contributed by atoms with van der Waals surface area (Å²) in [7, 11) is 1.59. The second-order valence-corrected chi connectivity index (χ2v) is 4.83. The van der Waals surface area contributed by atoms with E-state index in [0.717, 1.165) is 6.07 Å². The molecule has 0 atom stereocenters. The maximum Gasteiger partial charge on any atom is 0.418 e. The van der Waals surface area contributed by atoms with Crippen molar-refractivity contribution in [1.82, 2.24) is 9.55 Å². The number of aromatic nitrogens is 2. The number of fused-ring (bicyclic) bond motifs is 1. The van der Waals surface area contributed by atoms with E-state index in [4.69, 9.17) is 5.73 Å². The highest BCUT2D eigenvalue weighted by Crippen LogP contribution is 2.38. The average Bonchev–Trinajstić information content (AvgIpc) is 2.75. The van der Waals surface area contributed by atoms with Gasteiger partial charge >= 0.3 is 6.18 Å². The fourth-order valence-electron chi connectivity index (χ4n) is 2.50. The molecule has 0 spiro atoms. The molecule has 2 N–H and O–H groups in total. The van der Waals surface area contributed by atoms with E-state index in [2.05, 4.69) is 4.98 Å². The van der Waals surface area contributed by atoms with Crippen molar-refractivity contribution in [2.45, 2.75) is 6.18 Å². The Morgan fingerprint density at radius 3 is 2.62 bits per heavy atom. The van der Waals surface area contributed by atoms with Crippen molar-refractivity contribution >= 4 is 16.6 Å². The summed E-state index contributed by atoms with van der Waals surface area (Å²) in [5.41, 5.74) is 6.91. The van der Waals surface area contributed by atoms with Gasteiger partial charge in [-0.25, -0.2) is 0 Å². The number of nitrogen functional groups attached to an aromatic ring is 1. The Kier molecular flexibility index (Phi) is 2.90. The Hall–Kier alpha value is -2.50. The third-order valence-corrected chi connectivity index (χ3v) is 3.37. The lowest BCUT2D eigenvalue weighted by Crippen LogP contribution is -2.07. The summed E-state index contributed by atoms with van der Waals surface area (Å²) >= 11 is 0. The van der Waals surface area contributed by atoms with Crippen LogP contribution in [0.2, 0.25) is 0 Å². The van der Waals surface area contributed by atoms with Gasteiger partial charge < -0.3 is 10.3 Å². The van der Waals surface area contributed by atoms with Crippen LogP contribution < -0.4 is 5.73 Å². The van der Waals surface area contributed by atoms with Crippen LogP contribution in [0.1, 0.15) is 5.56 Å². The smallest absolute Gasteiger partial charge is 0.399 e. The second-order valence-electron chi connectivity index (χ2n) is 4.83. The maximum absolute atomic E-state index is 13.1. The van der Waals surface area contributed by atoms with E-state index < -0.39 is 11.7 Å². The standard InChI is InChI=1S/C15H12F3N3/c1-21-8-11(13-7-9(19)5-6-20-13)10-3-2-4-12(14(10)21)15(16,17)18/h2-8H,1H3,(H2,19,20). The van der Waals surface area contributed by atoms with Gasteiger partial charge in [0.15, 0.2) is 0 Å². The van der Waals surface area contributed by atoms with Crippen LogP contribution in [0.5, 0.6) is 0 Å². The van der Waals surface area contributed by atoms with Crippen molar-refractivity contribution in [1.29, 1.82) is 0 Å². The summed E-state index contributed by atoms with van der Waals surface area (Å²) in [4.78, 5) is 4.19. The molecule has 0 amide bonds. The van der Waals surface area contributed by atoms with Crippen molar-refractivity contribution in [3.8, 4) is 11.3 Å². The van der Waals surface area contributed by atoms with Gasteiger partial charge in [0.25, 0.3) is 0 Å². The number of aryl methyl sites for hydroxylation is 1. The van der Waals surface area contributed by atoms with Gasteiger partial charge in [-0.05, 0) is 18.2 Å². The van der Waals surface area contributed by atoms with Gasteiger partial charge in [-0.2, -0.15) is 13.2 Å². The van der Waals surface area contributed by atoms with E-state index in [1.807, 2.05) is 0 Å². The number of anilines is 1. The molecular weight excluding hydrogens is 279 g/mol. The third-order valence-electron chi connectivity index (χ3n) is 3.37. The molecule has 0 aliphatic carbocycles. The molecule has 0 aliphatic heterocycles.